The predicted molar refractivity (Wildman–Crippen MR) is 79.0 cm³/mol. The fourth-order valence-corrected chi connectivity index (χ4v) is 3.09. The van der Waals surface area contributed by atoms with Gasteiger partial charge in [-0.25, -0.2) is 4.98 Å². The SMILES string of the molecule is Nc1ccc2nc(NCC3(C4CC4)CC3)ccc2c1. The molecule has 4 rings (SSSR count). The highest BCUT2D eigenvalue weighted by atomic mass is 15.0. The summed E-state index contributed by atoms with van der Waals surface area (Å²) in [6.45, 7) is 1.09. The summed E-state index contributed by atoms with van der Waals surface area (Å²) < 4.78 is 0. The predicted octanol–water partition coefficient (Wildman–Crippen LogP) is 3.42. The number of benzene rings is 1. The number of fused-ring (bicyclic) bond motifs is 1. The van der Waals surface area contributed by atoms with Crippen LogP contribution in [0.3, 0.4) is 0 Å². The molecule has 0 unspecified atom stereocenters. The Balaban J connectivity index is 1.53. The summed E-state index contributed by atoms with van der Waals surface area (Å²) in [5.41, 5.74) is 8.19. The largest absolute Gasteiger partial charge is 0.399 e. The van der Waals surface area contributed by atoms with Gasteiger partial charge >= 0.3 is 0 Å². The Kier molecular flexibility index (Phi) is 2.25. The molecule has 0 radical (unpaired) electrons. The number of nitrogen functional groups attached to an aromatic ring is 1. The summed E-state index contributed by atoms with van der Waals surface area (Å²) in [5, 5.41) is 4.64. The second-order valence-corrected chi connectivity index (χ2v) is 6.14. The zero-order valence-corrected chi connectivity index (χ0v) is 11.0. The maximum atomic E-state index is 5.78. The maximum absolute atomic E-state index is 5.78. The molecule has 2 saturated carbocycles. The molecular formula is C16H19N3. The first-order valence-corrected chi connectivity index (χ1v) is 7.15. The van der Waals surface area contributed by atoms with Crippen LogP contribution in [-0.2, 0) is 0 Å². The second-order valence-electron chi connectivity index (χ2n) is 6.14. The summed E-state index contributed by atoms with van der Waals surface area (Å²) in [6, 6.07) is 10.0. The van der Waals surface area contributed by atoms with E-state index in [9.17, 15) is 0 Å². The monoisotopic (exact) mass is 253 g/mol. The Hall–Kier alpha value is -1.77. The molecular weight excluding hydrogens is 234 g/mol. The van der Waals surface area contributed by atoms with Crippen molar-refractivity contribution in [1.82, 2.24) is 4.98 Å². The van der Waals surface area contributed by atoms with Crippen LogP contribution in [0.1, 0.15) is 25.7 Å². The van der Waals surface area contributed by atoms with E-state index in [1.54, 1.807) is 0 Å². The van der Waals surface area contributed by atoms with Crippen LogP contribution in [0, 0.1) is 11.3 Å². The van der Waals surface area contributed by atoms with Gasteiger partial charge in [0.05, 0.1) is 5.52 Å². The molecule has 2 aliphatic rings. The van der Waals surface area contributed by atoms with Crippen LogP contribution in [0.4, 0.5) is 11.5 Å². The van der Waals surface area contributed by atoms with Gasteiger partial charge in [-0.1, -0.05) is 0 Å². The van der Waals surface area contributed by atoms with E-state index < -0.39 is 0 Å². The molecule has 0 saturated heterocycles. The standard InChI is InChI=1S/C16H19N3/c17-13-4-5-14-11(9-13)1-6-15(19-14)18-10-16(7-8-16)12-2-3-12/h1,4-6,9,12H,2-3,7-8,10,17H2,(H,18,19). The number of nitrogens with one attached hydrogen (secondary N) is 1. The first-order chi connectivity index (χ1) is 9.25. The minimum Gasteiger partial charge on any atom is -0.399 e. The zero-order valence-electron chi connectivity index (χ0n) is 11.0. The molecule has 0 bridgehead atoms. The lowest BCUT2D eigenvalue weighted by Crippen LogP contribution is -2.17. The minimum absolute atomic E-state index is 0.609. The number of nitrogens with two attached hydrogens (primary N) is 1. The van der Waals surface area contributed by atoms with E-state index >= 15 is 0 Å². The van der Waals surface area contributed by atoms with E-state index in [0.29, 0.717) is 5.41 Å². The lowest BCUT2D eigenvalue weighted by atomic mass is 10.0. The molecule has 3 nitrogen and oxygen atoms in total. The lowest BCUT2D eigenvalue weighted by Gasteiger charge is -2.15. The molecule has 0 aliphatic heterocycles. The van der Waals surface area contributed by atoms with E-state index in [-0.39, 0.29) is 0 Å². The minimum atomic E-state index is 0.609. The first kappa shape index (κ1) is 11.1. The second kappa shape index (κ2) is 3.86. The van der Waals surface area contributed by atoms with Crippen molar-refractivity contribution in [2.24, 2.45) is 11.3 Å². The Morgan fingerprint density at radius 2 is 2.05 bits per heavy atom. The molecule has 98 valence electrons. The molecule has 0 atom stereocenters. The normalized spacial score (nSPS) is 20.4. The van der Waals surface area contributed by atoms with Crippen molar-refractivity contribution in [3.05, 3.63) is 30.3 Å². The van der Waals surface area contributed by atoms with E-state index in [4.69, 9.17) is 5.73 Å². The quantitative estimate of drug-likeness (QED) is 0.821. The van der Waals surface area contributed by atoms with Gasteiger partial charge in [-0.05, 0) is 67.3 Å². The van der Waals surface area contributed by atoms with Gasteiger partial charge in [-0.3, -0.25) is 0 Å². The van der Waals surface area contributed by atoms with Crippen molar-refractivity contribution >= 4 is 22.4 Å². The number of hydrogen-bond acceptors (Lipinski definition) is 3. The number of hydrogen-bond donors (Lipinski definition) is 2. The number of nitrogens with zero attached hydrogens (tertiary/aromatic N) is 1. The van der Waals surface area contributed by atoms with E-state index in [1.807, 2.05) is 18.2 Å². The van der Waals surface area contributed by atoms with Crippen molar-refractivity contribution in [3.63, 3.8) is 0 Å². The van der Waals surface area contributed by atoms with Crippen LogP contribution < -0.4 is 11.1 Å². The highest BCUT2D eigenvalue weighted by molar-refractivity contribution is 5.83. The summed E-state index contributed by atoms with van der Waals surface area (Å²) in [6.07, 6.45) is 5.67. The third kappa shape index (κ3) is 2.03. The van der Waals surface area contributed by atoms with Gasteiger partial charge in [0.25, 0.3) is 0 Å². The third-order valence-electron chi connectivity index (χ3n) is 4.67. The van der Waals surface area contributed by atoms with Crippen molar-refractivity contribution in [3.8, 4) is 0 Å². The summed E-state index contributed by atoms with van der Waals surface area (Å²) in [4.78, 5) is 4.66. The van der Waals surface area contributed by atoms with Crippen molar-refractivity contribution < 1.29 is 0 Å². The average Bonchev–Trinajstić information content (AvgIpc) is 3.27. The molecule has 1 aromatic carbocycles. The molecule has 1 heterocycles. The Bertz CT molecular complexity index is 627. The molecule has 2 aliphatic carbocycles. The molecule has 1 aromatic heterocycles. The topological polar surface area (TPSA) is 50.9 Å². The van der Waals surface area contributed by atoms with Crippen LogP contribution in [0.15, 0.2) is 30.3 Å². The molecule has 3 heteroatoms. The third-order valence-corrected chi connectivity index (χ3v) is 4.67. The Labute approximate surface area is 113 Å². The van der Waals surface area contributed by atoms with E-state index in [0.717, 1.165) is 34.9 Å². The van der Waals surface area contributed by atoms with Gasteiger partial charge in [0.15, 0.2) is 0 Å². The van der Waals surface area contributed by atoms with Gasteiger partial charge in [-0.15, -0.1) is 0 Å². The van der Waals surface area contributed by atoms with Crippen LogP contribution in [0.25, 0.3) is 10.9 Å². The van der Waals surface area contributed by atoms with E-state index in [1.165, 1.54) is 25.7 Å². The Morgan fingerprint density at radius 3 is 2.79 bits per heavy atom. The summed E-state index contributed by atoms with van der Waals surface area (Å²) in [7, 11) is 0. The zero-order chi connectivity index (χ0) is 12.9. The lowest BCUT2D eigenvalue weighted by molar-refractivity contribution is 0.466. The van der Waals surface area contributed by atoms with Crippen molar-refractivity contribution in [2.75, 3.05) is 17.6 Å². The van der Waals surface area contributed by atoms with Gasteiger partial charge in [-0.2, -0.15) is 0 Å². The number of pyridine rings is 1. The Morgan fingerprint density at radius 1 is 1.21 bits per heavy atom. The molecule has 2 fully saturated rings. The number of rotatable bonds is 4. The van der Waals surface area contributed by atoms with Crippen molar-refractivity contribution in [2.45, 2.75) is 25.7 Å². The van der Waals surface area contributed by atoms with Crippen LogP contribution in [0.2, 0.25) is 0 Å². The highest BCUT2D eigenvalue weighted by Gasteiger charge is 2.53. The van der Waals surface area contributed by atoms with Gasteiger partial charge < -0.3 is 11.1 Å². The van der Waals surface area contributed by atoms with Crippen LogP contribution in [0.5, 0.6) is 0 Å². The van der Waals surface area contributed by atoms with Gasteiger partial charge in [0.1, 0.15) is 5.82 Å². The molecule has 19 heavy (non-hydrogen) atoms. The van der Waals surface area contributed by atoms with Gasteiger partial charge in [0.2, 0.25) is 0 Å². The molecule has 2 aromatic rings. The van der Waals surface area contributed by atoms with E-state index in [2.05, 4.69) is 22.4 Å². The van der Waals surface area contributed by atoms with Crippen molar-refractivity contribution in [1.29, 1.82) is 0 Å². The fourth-order valence-electron chi connectivity index (χ4n) is 3.09. The molecule has 3 N–H and O–H groups in total. The smallest absolute Gasteiger partial charge is 0.126 e. The van der Waals surface area contributed by atoms with Gasteiger partial charge in [0, 0.05) is 17.6 Å². The number of anilines is 2. The molecule has 0 amide bonds. The maximum Gasteiger partial charge on any atom is 0.126 e. The number of aromatic nitrogens is 1. The fraction of sp³-hybridized carbons (Fsp3) is 0.438. The first-order valence-electron chi connectivity index (χ1n) is 7.15. The van der Waals surface area contributed by atoms with Crippen LogP contribution in [-0.4, -0.2) is 11.5 Å². The summed E-state index contributed by atoms with van der Waals surface area (Å²) in [5.74, 6) is 1.98. The highest BCUT2D eigenvalue weighted by Crippen LogP contribution is 2.61. The van der Waals surface area contributed by atoms with Crippen LogP contribution >= 0.6 is 0 Å². The summed E-state index contributed by atoms with van der Waals surface area (Å²) >= 11 is 0. The molecule has 0 spiro atoms. The average molecular weight is 253 g/mol.